The third-order valence-corrected chi connectivity index (χ3v) is 4.95. The van der Waals surface area contributed by atoms with E-state index in [0.29, 0.717) is 30.3 Å². The minimum atomic E-state index is -3.63. The van der Waals surface area contributed by atoms with Crippen LogP contribution >= 0.6 is 0 Å². The molecule has 0 aliphatic carbocycles. The second kappa shape index (κ2) is 5.94. The van der Waals surface area contributed by atoms with Crippen LogP contribution in [0.25, 0.3) is 0 Å². The van der Waals surface area contributed by atoms with Gasteiger partial charge in [0.2, 0.25) is 10.0 Å². The highest BCUT2D eigenvalue weighted by Gasteiger charge is 2.24. The summed E-state index contributed by atoms with van der Waals surface area (Å²) in [6.07, 6.45) is 1.42. The average molecular weight is 312 g/mol. The molecule has 0 fully saturated rings. The summed E-state index contributed by atoms with van der Waals surface area (Å²) in [4.78, 5) is 4.30. The molecular weight excluding hydrogens is 292 g/mol. The molecular formula is C12H20N6O2S. The van der Waals surface area contributed by atoms with Gasteiger partial charge in [-0.2, -0.15) is 10.2 Å². The molecule has 0 unspecified atom stereocenters. The molecule has 9 heteroatoms. The van der Waals surface area contributed by atoms with Crippen molar-refractivity contribution in [1.82, 2.24) is 29.3 Å². The van der Waals surface area contributed by atoms with Crippen LogP contribution in [0.2, 0.25) is 0 Å². The molecule has 0 saturated heterocycles. The van der Waals surface area contributed by atoms with E-state index >= 15 is 0 Å². The highest BCUT2D eigenvalue weighted by molar-refractivity contribution is 7.89. The Hall–Kier alpha value is -1.74. The standard InChI is InChI=1S/C12H20N6O2S/c1-5-17-10(4)12(9(3)16-17)21(19,20)15-7-11-13-8-14-18(11)6-2/h8,15H,5-7H2,1-4H3. The van der Waals surface area contributed by atoms with Crippen LogP contribution in [0.1, 0.15) is 31.1 Å². The molecule has 0 amide bonds. The lowest BCUT2D eigenvalue weighted by atomic mass is 10.4. The quantitative estimate of drug-likeness (QED) is 0.843. The minimum absolute atomic E-state index is 0.104. The molecule has 0 saturated carbocycles. The van der Waals surface area contributed by atoms with Crippen LogP contribution in [0.15, 0.2) is 11.2 Å². The van der Waals surface area contributed by atoms with Gasteiger partial charge < -0.3 is 0 Å². The van der Waals surface area contributed by atoms with E-state index in [1.165, 1.54) is 6.33 Å². The Morgan fingerprint density at radius 3 is 2.43 bits per heavy atom. The molecule has 0 spiro atoms. The van der Waals surface area contributed by atoms with Gasteiger partial charge in [-0.05, 0) is 27.7 Å². The van der Waals surface area contributed by atoms with Gasteiger partial charge in [-0.1, -0.05) is 0 Å². The Morgan fingerprint density at radius 1 is 1.19 bits per heavy atom. The van der Waals surface area contributed by atoms with Gasteiger partial charge in [-0.25, -0.2) is 22.8 Å². The van der Waals surface area contributed by atoms with Crippen molar-refractivity contribution >= 4 is 10.0 Å². The van der Waals surface area contributed by atoms with Gasteiger partial charge in [0, 0.05) is 13.1 Å². The van der Waals surface area contributed by atoms with Crippen molar-refractivity contribution in [2.75, 3.05) is 0 Å². The van der Waals surface area contributed by atoms with Crippen molar-refractivity contribution < 1.29 is 8.42 Å². The van der Waals surface area contributed by atoms with Crippen molar-refractivity contribution in [3.8, 4) is 0 Å². The zero-order valence-electron chi connectivity index (χ0n) is 12.7. The van der Waals surface area contributed by atoms with Crippen LogP contribution in [0.4, 0.5) is 0 Å². The van der Waals surface area contributed by atoms with Crippen LogP contribution < -0.4 is 4.72 Å². The van der Waals surface area contributed by atoms with Crippen molar-refractivity contribution in [1.29, 1.82) is 0 Å². The summed E-state index contributed by atoms with van der Waals surface area (Å²) < 4.78 is 30.8. The minimum Gasteiger partial charge on any atom is -0.268 e. The molecule has 2 aromatic heterocycles. The third-order valence-electron chi connectivity index (χ3n) is 3.30. The fourth-order valence-corrected chi connectivity index (χ4v) is 3.69. The first kappa shape index (κ1) is 15.6. The first-order chi connectivity index (χ1) is 9.90. The lowest BCUT2D eigenvalue weighted by molar-refractivity contribution is 0.565. The van der Waals surface area contributed by atoms with Gasteiger partial charge >= 0.3 is 0 Å². The van der Waals surface area contributed by atoms with E-state index in [0.717, 1.165) is 0 Å². The van der Waals surface area contributed by atoms with E-state index in [-0.39, 0.29) is 11.4 Å². The lowest BCUT2D eigenvalue weighted by Gasteiger charge is -2.08. The second-order valence-electron chi connectivity index (χ2n) is 4.63. The molecule has 21 heavy (non-hydrogen) atoms. The maximum absolute atomic E-state index is 12.5. The number of hydrogen-bond donors (Lipinski definition) is 1. The smallest absolute Gasteiger partial charge is 0.244 e. The summed E-state index contributed by atoms with van der Waals surface area (Å²) >= 11 is 0. The van der Waals surface area contributed by atoms with E-state index in [1.807, 2.05) is 13.8 Å². The predicted octanol–water partition coefficient (Wildman–Crippen LogP) is 0.610. The molecule has 0 aliphatic heterocycles. The predicted molar refractivity (Wildman–Crippen MR) is 77.1 cm³/mol. The number of aromatic nitrogens is 5. The van der Waals surface area contributed by atoms with Gasteiger partial charge in [-0.15, -0.1) is 0 Å². The molecule has 2 rings (SSSR count). The highest BCUT2D eigenvalue weighted by Crippen LogP contribution is 2.19. The molecule has 0 atom stereocenters. The number of nitrogens with zero attached hydrogens (tertiary/aromatic N) is 5. The molecule has 0 aliphatic rings. The molecule has 0 aromatic carbocycles. The Morgan fingerprint density at radius 2 is 1.86 bits per heavy atom. The van der Waals surface area contributed by atoms with Crippen molar-refractivity contribution in [2.24, 2.45) is 0 Å². The Balaban J connectivity index is 2.25. The highest BCUT2D eigenvalue weighted by atomic mass is 32.2. The topological polar surface area (TPSA) is 94.7 Å². The Labute approximate surface area is 124 Å². The summed E-state index contributed by atoms with van der Waals surface area (Å²) in [6.45, 7) is 8.68. The van der Waals surface area contributed by atoms with Gasteiger partial charge in [0.15, 0.2) is 0 Å². The van der Waals surface area contributed by atoms with Crippen molar-refractivity contribution in [3.05, 3.63) is 23.5 Å². The number of rotatable bonds is 6. The maximum Gasteiger partial charge on any atom is 0.244 e. The van der Waals surface area contributed by atoms with Crippen molar-refractivity contribution in [2.45, 2.75) is 52.2 Å². The molecule has 116 valence electrons. The van der Waals surface area contributed by atoms with E-state index in [1.54, 1.807) is 23.2 Å². The summed E-state index contributed by atoms with van der Waals surface area (Å²) in [6, 6.07) is 0. The monoisotopic (exact) mass is 312 g/mol. The van der Waals surface area contributed by atoms with E-state index in [9.17, 15) is 8.42 Å². The third kappa shape index (κ3) is 2.98. The molecule has 0 bridgehead atoms. The lowest BCUT2D eigenvalue weighted by Crippen LogP contribution is -2.26. The van der Waals surface area contributed by atoms with E-state index in [4.69, 9.17) is 0 Å². The molecule has 0 radical (unpaired) electrons. The summed E-state index contributed by atoms with van der Waals surface area (Å²) in [5.41, 5.74) is 1.14. The molecule has 8 nitrogen and oxygen atoms in total. The average Bonchev–Trinajstić information content (AvgIpc) is 3.00. The number of sulfonamides is 1. The van der Waals surface area contributed by atoms with Crippen LogP contribution in [-0.4, -0.2) is 33.0 Å². The molecule has 1 N–H and O–H groups in total. The Kier molecular flexibility index (Phi) is 4.43. The summed E-state index contributed by atoms with van der Waals surface area (Å²) in [7, 11) is -3.63. The fourth-order valence-electron chi connectivity index (χ4n) is 2.30. The second-order valence-corrected chi connectivity index (χ2v) is 6.34. The number of aryl methyl sites for hydroxylation is 3. The van der Waals surface area contributed by atoms with Gasteiger partial charge in [0.1, 0.15) is 17.0 Å². The van der Waals surface area contributed by atoms with Crippen LogP contribution in [0.5, 0.6) is 0 Å². The normalized spacial score (nSPS) is 12.0. The zero-order valence-corrected chi connectivity index (χ0v) is 13.5. The number of hydrogen-bond acceptors (Lipinski definition) is 5. The zero-order chi connectivity index (χ0) is 15.6. The van der Waals surface area contributed by atoms with Crippen LogP contribution in [0, 0.1) is 13.8 Å². The fraction of sp³-hybridized carbons (Fsp3) is 0.583. The van der Waals surface area contributed by atoms with E-state index in [2.05, 4.69) is 19.9 Å². The SMILES string of the molecule is CCn1ncnc1CNS(=O)(=O)c1c(C)nn(CC)c1C. The van der Waals surface area contributed by atoms with Crippen LogP contribution in [0.3, 0.4) is 0 Å². The first-order valence-electron chi connectivity index (χ1n) is 6.81. The van der Waals surface area contributed by atoms with Gasteiger partial charge in [0.25, 0.3) is 0 Å². The van der Waals surface area contributed by atoms with Gasteiger partial charge in [-0.3, -0.25) is 4.68 Å². The Bertz CT molecular complexity index is 731. The van der Waals surface area contributed by atoms with Crippen LogP contribution in [-0.2, 0) is 29.7 Å². The van der Waals surface area contributed by atoms with E-state index < -0.39 is 10.0 Å². The summed E-state index contributed by atoms with van der Waals surface area (Å²) in [5.74, 6) is 0.583. The van der Waals surface area contributed by atoms with Crippen molar-refractivity contribution in [3.63, 3.8) is 0 Å². The van der Waals surface area contributed by atoms with Gasteiger partial charge in [0.05, 0.1) is 17.9 Å². The molecule has 2 aromatic rings. The summed E-state index contributed by atoms with van der Waals surface area (Å²) in [5, 5.41) is 8.25. The number of nitrogens with one attached hydrogen (secondary N) is 1. The molecule has 2 heterocycles. The largest absolute Gasteiger partial charge is 0.268 e. The first-order valence-corrected chi connectivity index (χ1v) is 8.29. The maximum atomic E-state index is 12.5.